The number of carbonyl (C=O) groups excluding carboxylic acids is 1. The van der Waals surface area contributed by atoms with Crippen LogP contribution >= 0.6 is 11.6 Å². The molecule has 6 heteroatoms. The monoisotopic (exact) mass is 288 g/mol. The minimum atomic E-state index is -0.519. The van der Waals surface area contributed by atoms with E-state index < -0.39 is 6.04 Å². The number of aromatic nitrogens is 2. The average Bonchev–Trinajstić information content (AvgIpc) is 2.78. The highest BCUT2D eigenvalue weighted by Crippen LogP contribution is 2.20. The number of nitrogens with zero attached hydrogens (tertiary/aromatic N) is 3. The van der Waals surface area contributed by atoms with Crippen molar-refractivity contribution in [1.82, 2.24) is 9.78 Å². The van der Waals surface area contributed by atoms with E-state index in [4.69, 9.17) is 16.9 Å². The Morgan fingerprint density at radius 1 is 1.50 bits per heavy atom. The molecule has 5 nitrogen and oxygen atoms in total. The highest BCUT2D eigenvalue weighted by atomic mass is 35.5. The van der Waals surface area contributed by atoms with Crippen molar-refractivity contribution < 1.29 is 4.79 Å². The van der Waals surface area contributed by atoms with Crippen molar-refractivity contribution in [2.24, 2.45) is 0 Å². The predicted octanol–water partition coefficient (Wildman–Crippen LogP) is 2.92. The van der Waals surface area contributed by atoms with E-state index in [2.05, 4.69) is 10.4 Å². The number of para-hydroxylation sites is 1. The molecule has 0 aliphatic rings. The number of nitrogens with one attached hydrogen (secondary N) is 1. The van der Waals surface area contributed by atoms with Gasteiger partial charge in [-0.1, -0.05) is 23.7 Å². The predicted molar refractivity (Wildman–Crippen MR) is 76.5 cm³/mol. The maximum Gasteiger partial charge on any atom is 0.248 e. The number of hydrogen-bond donors (Lipinski definition) is 1. The third kappa shape index (κ3) is 2.65. The zero-order valence-corrected chi connectivity index (χ0v) is 11.8. The highest BCUT2D eigenvalue weighted by Gasteiger charge is 2.19. The largest absolute Gasteiger partial charge is 0.323 e. The summed E-state index contributed by atoms with van der Waals surface area (Å²) in [6, 6.07) is 8.36. The van der Waals surface area contributed by atoms with Gasteiger partial charge in [-0.15, -0.1) is 0 Å². The number of halogens is 1. The summed E-state index contributed by atoms with van der Waals surface area (Å²) < 4.78 is 1.55. The van der Waals surface area contributed by atoms with Crippen LogP contribution in [0.2, 0.25) is 5.02 Å². The number of hydrogen-bond acceptors (Lipinski definition) is 3. The number of nitriles is 1. The summed E-state index contributed by atoms with van der Waals surface area (Å²) in [6.07, 6.45) is 1.50. The Morgan fingerprint density at radius 3 is 2.80 bits per heavy atom. The van der Waals surface area contributed by atoms with Gasteiger partial charge in [-0.2, -0.15) is 10.4 Å². The van der Waals surface area contributed by atoms with Crippen molar-refractivity contribution in [3.8, 4) is 6.07 Å². The Bertz CT molecular complexity index is 687. The van der Waals surface area contributed by atoms with Crippen LogP contribution in [0.1, 0.15) is 24.2 Å². The standard InChI is InChI=1S/C14H13ClN4O/c1-9-12(15)8-17-19(9)10(2)14(20)18-13-6-4-3-5-11(13)7-16/h3-6,8,10H,1-2H3,(H,18,20). The summed E-state index contributed by atoms with van der Waals surface area (Å²) in [4.78, 5) is 12.2. The third-order valence-electron chi connectivity index (χ3n) is 3.04. The number of carbonyl (C=O) groups is 1. The molecule has 102 valence electrons. The molecule has 2 aromatic rings. The first kappa shape index (κ1) is 14.1. The van der Waals surface area contributed by atoms with Gasteiger partial charge in [0, 0.05) is 0 Å². The van der Waals surface area contributed by atoms with Crippen LogP contribution in [0.4, 0.5) is 5.69 Å². The summed E-state index contributed by atoms with van der Waals surface area (Å²) in [6.45, 7) is 3.52. The molecule has 0 saturated heterocycles. The van der Waals surface area contributed by atoms with Crippen LogP contribution in [0.3, 0.4) is 0 Å². The van der Waals surface area contributed by atoms with E-state index in [1.54, 1.807) is 42.8 Å². The van der Waals surface area contributed by atoms with Crippen LogP contribution in [0.5, 0.6) is 0 Å². The van der Waals surface area contributed by atoms with Gasteiger partial charge in [0.25, 0.3) is 0 Å². The van der Waals surface area contributed by atoms with E-state index in [1.807, 2.05) is 6.07 Å². The molecule has 0 aliphatic heterocycles. The Labute approximate surface area is 121 Å². The molecule has 1 heterocycles. The molecule has 0 fully saturated rings. The summed E-state index contributed by atoms with van der Waals surface area (Å²) >= 11 is 5.93. The lowest BCUT2D eigenvalue weighted by Crippen LogP contribution is -2.25. The van der Waals surface area contributed by atoms with Crippen molar-refractivity contribution in [3.05, 3.63) is 46.7 Å². The molecule has 1 unspecified atom stereocenters. The van der Waals surface area contributed by atoms with E-state index in [0.29, 0.717) is 16.3 Å². The second-order valence-corrected chi connectivity index (χ2v) is 4.75. The average molecular weight is 289 g/mol. The minimum absolute atomic E-state index is 0.254. The van der Waals surface area contributed by atoms with Crippen LogP contribution in [0, 0.1) is 18.3 Å². The smallest absolute Gasteiger partial charge is 0.248 e. The molecule has 1 amide bonds. The molecule has 0 bridgehead atoms. The molecular weight excluding hydrogens is 276 g/mol. The van der Waals surface area contributed by atoms with Gasteiger partial charge in [-0.25, -0.2) is 0 Å². The summed E-state index contributed by atoms with van der Waals surface area (Å²) in [5, 5.41) is 16.3. The van der Waals surface area contributed by atoms with Crippen LogP contribution in [-0.2, 0) is 4.79 Å². The molecule has 1 N–H and O–H groups in total. The van der Waals surface area contributed by atoms with Gasteiger partial charge in [0.05, 0.1) is 28.2 Å². The normalized spacial score (nSPS) is 11.7. The van der Waals surface area contributed by atoms with Crippen molar-refractivity contribution in [3.63, 3.8) is 0 Å². The lowest BCUT2D eigenvalue weighted by molar-refractivity contribution is -0.119. The first-order valence-electron chi connectivity index (χ1n) is 6.04. The second kappa shape index (κ2) is 5.76. The quantitative estimate of drug-likeness (QED) is 0.944. The molecular formula is C14H13ClN4O. The molecule has 0 spiro atoms. The van der Waals surface area contributed by atoms with Crippen LogP contribution in [-0.4, -0.2) is 15.7 Å². The van der Waals surface area contributed by atoms with Gasteiger partial charge >= 0.3 is 0 Å². The van der Waals surface area contributed by atoms with Crippen LogP contribution in [0.15, 0.2) is 30.5 Å². The van der Waals surface area contributed by atoms with E-state index in [-0.39, 0.29) is 5.91 Å². The fraction of sp³-hybridized carbons (Fsp3) is 0.214. The molecule has 1 aromatic heterocycles. The highest BCUT2D eigenvalue weighted by molar-refractivity contribution is 6.31. The first-order valence-corrected chi connectivity index (χ1v) is 6.42. The molecule has 1 aromatic carbocycles. The summed E-state index contributed by atoms with van der Waals surface area (Å²) in [5.74, 6) is -0.254. The Kier molecular flexibility index (Phi) is 4.06. The van der Waals surface area contributed by atoms with E-state index in [1.165, 1.54) is 6.20 Å². The second-order valence-electron chi connectivity index (χ2n) is 4.35. The molecule has 0 radical (unpaired) electrons. The molecule has 0 saturated carbocycles. The first-order chi connectivity index (χ1) is 9.54. The van der Waals surface area contributed by atoms with Crippen LogP contribution < -0.4 is 5.32 Å². The summed E-state index contributed by atoms with van der Waals surface area (Å²) in [7, 11) is 0. The fourth-order valence-electron chi connectivity index (χ4n) is 1.83. The van der Waals surface area contributed by atoms with Gasteiger partial charge in [-0.3, -0.25) is 9.48 Å². The van der Waals surface area contributed by atoms with Crippen molar-refractivity contribution in [1.29, 1.82) is 5.26 Å². The maximum absolute atomic E-state index is 12.2. The zero-order chi connectivity index (χ0) is 14.7. The Hall–Kier alpha value is -2.32. The van der Waals surface area contributed by atoms with Gasteiger partial charge in [0.1, 0.15) is 12.1 Å². The third-order valence-corrected chi connectivity index (χ3v) is 3.41. The Balaban J connectivity index is 2.20. The topological polar surface area (TPSA) is 70.7 Å². The van der Waals surface area contributed by atoms with Crippen molar-refractivity contribution in [2.75, 3.05) is 5.32 Å². The van der Waals surface area contributed by atoms with E-state index in [0.717, 1.165) is 5.69 Å². The van der Waals surface area contributed by atoms with E-state index >= 15 is 0 Å². The lowest BCUT2D eigenvalue weighted by Gasteiger charge is -2.15. The van der Waals surface area contributed by atoms with Gasteiger partial charge in [-0.05, 0) is 26.0 Å². The number of benzene rings is 1. The molecule has 2 rings (SSSR count). The number of amides is 1. The summed E-state index contributed by atoms with van der Waals surface area (Å²) in [5.41, 5.74) is 1.63. The van der Waals surface area contributed by atoms with Gasteiger partial charge < -0.3 is 5.32 Å². The molecule has 20 heavy (non-hydrogen) atoms. The minimum Gasteiger partial charge on any atom is -0.323 e. The molecule has 0 aliphatic carbocycles. The SMILES string of the molecule is Cc1c(Cl)cnn1C(C)C(=O)Nc1ccccc1C#N. The van der Waals surface area contributed by atoms with Crippen molar-refractivity contribution >= 4 is 23.2 Å². The number of rotatable bonds is 3. The Morgan fingerprint density at radius 2 is 2.20 bits per heavy atom. The van der Waals surface area contributed by atoms with Crippen molar-refractivity contribution in [2.45, 2.75) is 19.9 Å². The van der Waals surface area contributed by atoms with Gasteiger partial charge in [0.15, 0.2) is 0 Å². The number of anilines is 1. The molecule has 1 atom stereocenters. The van der Waals surface area contributed by atoms with Gasteiger partial charge in [0.2, 0.25) is 5.91 Å². The lowest BCUT2D eigenvalue weighted by atomic mass is 10.2. The van der Waals surface area contributed by atoms with Crippen LogP contribution in [0.25, 0.3) is 0 Å². The van der Waals surface area contributed by atoms with E-state index in [9.17, 15) is 4.79 Å². The fourth-order valence-corrected chi connectivity index (χ4v) is 1.96. The maximum atomic E-state index is 12.2. The zero-order valence-electron chi connectivity index (χ0n) is 11.1.